The van der Waals surface area contributed by atoms with Gasteiger partial charge in [0, 0.05) is 32.7 Å². The minimum absolute atomic E-state index is 0.210. The minimum atomic E-state index is 0.210. The molecule has 1 aliphatic rings. The van der Waals surface area contributed by atoms with Crippen molar-refractivity contribution in [3.8, 4) is 5.69 Å². The molecule has 2 aromatic heterocycles. The molecule has 0 amide bonds. The van der Waals surface area contributed by atoms with E-state index in [0.717, 1.165) is 55.3 Å². The first-order valence-electron chi connectivity index (χ1n) is 8.19. The molecule has 3 heterocycles. The predicted octanol–water partition coefficient (Wildman–Crippen LogP) is 0.930. The van der Waals surface area contributed by atoms with E-state index in [1.54, 1.807) is 6.33 Å². The number of para-hydroxylation sites is 1. The monoisotopic (exact) mass is 324 g/mol. The fraction of sp³-hybridized carbons (Fsp3) is 0.353. The third kappa shape index (κ3) is 2.72. The summed E-state index contributed by atoms with van der Waals surface area (Å²) in [6.45, 7) is 4.59. The molecule has 4 rings (SSSR count). The Labute approximate surface area is 140 Å². The number of aliphatic hydroxyl groups excluding tert-OH is 1. The van der Waals surface area contributed by atoms with Gasteiger partial charge in [0.25, 0.3) is 0 Å². The van der Waals surface area contributed by atoms with E-state index in [2.05, 4.69) is 24.9 Å². The highest BCUT2D eigenvalue weighted by Gasteiger charge is 2.21. The first kappa shape index (κ1) is 15.0. The third-order valence-corrected chi connectivity index (χ3v) is 4.43. The number of benzene rings is 1. The molecule has 0 spiro atoms. The first-order chi connectivity index (χ1) is 11.9. The normalized spacial score (nSPS) is 16.0. The summed E-state index contributed by atoms with van der Waals surface area (Å²) in [6.07, 6.45) is 3.46. The Bertz CT molecular complexity index is 810. The van der Waals surface area contributed by atoms with Gasteiger partial charge in [-0.25, -0.2) is 14.6 Å². The summed E-state index contributed by atoms with van der Waals surface area (Å²) in [7, 11) is 0. The molecule has 1 aromatic carbocycles. The average molecular weight is 324 g/mol. The number of hydrogen-bond donors (Lipinski definition) is 1. The highest BCUT2D eigenvalue weighted by Crippen LogP contribution is 2.25. The number of aromatic nitrogens is 4. The molecule has 7 heteroatoms. The topological polar surface area (TPSA) is 70.3 Å². The number of β-amino-alcohol motifs (C(OH)–C–C–N with tert-alkyl or cyclic N) is 1. The molecule has 0 atom stereocenters. The second-order valence-electron chi connectivity index (χ2n) is 5.88. The van der Waals surface area contributed by atoms with E-state index in [0.29, 0.717) is 0 Å². The maximum absolute atomic E-state index is 9.07. The molecule has 1 saturated heterocycles. The van der Waals surface area contributed by atoms with Crippen LogP contribution in [0.4, 0.5) is 5.82 Å². The Kier molecular flexibility index (Phi) is 4.10. The van der Waals surface area contributed by atoms with Crippen LogP contribution in [-0.2, 0) is 0 Å². The molecule has 0 bridgehead atoms. The molecule has 1 fully saturated rings. The fourth-order valence-corrected chi connectivity index (χ4v) is 3.17. The van der Waals surface area contributed by atoms with Crippen LogP contribution in [0.25, 0.3) is 16.7 Å². The number of hydrogen-bond acceptors (Lipinski definition) is 6. The summed E-state index contributed by atoms with van der Waals surface area (Å²) in [5, 5.41) is 14.5. The van der Waals surface area contributed by atoms with Crippen molar-refractivity contribution < 1.29 is 5.11 Å². The smallest absolute Gasteiger partial charge is 0.168 e. The number of aliphatic hydroxyl groups is 1. The molecule has 0 aliphatic carbocycles. The van der Waals surface area contributed by atoms with Crippen molar-refractivity contribution in [2.45, 2.75) is 0 Å². The van der Waals surface area contributed by atoms with Gasteiger partial charge in [0.05, 0.1) is 23.9 Å². The number of rotatable bonds is 4. The summed E-state index contributed by atoms with van der Waals surface area (Å²) < 4.78 is 1.85. The van der Waals surface area contributed by atoms with Gasteiger partial charge in [-0.3, -0.25) is 4.90 Å². The van der Waals surface area contributed by atoms with Crippen molar-refractivity contribution in [3.05, 3.63) is 42.9 Å². The van der Waals surface area contributed by atoms with Crippen molar-refractivity contribution in [2.24, 2.45) is 0 Å². The van der Waals surface area contributed by atoms with E-state index in [4.69, 9.17) is 5.11 Å². The third-order valence-electron chi connectivity index (χ3n) is 4.43. The van der Waals surface area contributed by atoms with Gasteiger partial charge in [-0.2, -0.15) is 5.10 Å². The lowest BCUT2D eigenvalue weighted by molar-refractivity contribution is 0.188. The van der Waals surface area contributed by atoms with Crippen molar-refractivity contribution in [1.29, 1.82) is 0 Å². The maximum Gasteiger partial charge on any atom is 0.168 e. The van der Waals surface area contributed by atoms with Gasteiger partial charge >= 0.3 is 0 Å². The first-order valence-corrected chi connectivity index (χ1v) is 8.19. The highest BCUT2D eigenvalue weighted by atomic mass is 16.3. The number of anilines is 1. The van der Waals surface area contributed by atoms with Crippen molar-refractivity contribution >= 4 is 16.9 Å². The van der Waals surface area contributed by atoms with Crippen LogP contribution < -0.4 is 4.90 Å². The molecule has 0 saturated carbocycles. The zero-order chi connectivity index (χ0) is 16.4. The van der Waals surface area contributed by atoms with Crippen LogP contribution in [0.15, 0.2) is 42.9 Å². The molecule has 1 aliphatic heterocycles. The molecule has 0 unspecified atom stereocenters. The van der Waals surface area contributed by atoms with Gasteiger partial charge in [0.15, 0.2) is 5.65 Å². The number of nitrogens with zero attached hydrogens (tertiary/aromatic N) is 6. The van der Waals surface area contributed by atoms with Crippen LogP contribution in [0, 0.1) is 0 Å². The van der Waals surface area contributed by atoms with Crippen LogP contribution in [-0.4, -0.2) is 69.1 Å². The Balaban J connectivity index is 1.65. The zero-order valence-corrected chi connectivity index (χ0v) is 13.4. The molecular formula is C17H20N6O. The minimum Gasteiger partial charge on any atom is -0.395 e. The van der Waals surface area contributed by atoms with Gasteiger partial charge in [0.2, 0.25) is 0 Å². The number of fused-ring (bicyclic) bond motifs is 1. The molecule has 7 nitrogen and oxygen atoms in total. The van der Waals surface area contributed by atoms with E-state index in [-0.39, 0.29) is 6.61 Å². The van der Waals surface area contributed by atoms with E-state index >= 15 is 0 Å². The lowest BCUT2D eigenvalue weighted by atomic mass is 10.2. The second kappa shape index (κ2) is 6.54. The van der Waals surface area contributed by atoms with E-state index in [1.165, 1.54) is 0 Å². The summed E-state index contributed by atoms with van der Waals surface area (Å²) in [5.41, 5.74) is 1.81. The zero-order valence-electron chi connectivity index (χ0n) is 13.4. The number of piperazine rings is 1. The Morgan fingerprint density at radius 1 is 1.00 bits per heavy atom. The van der Waals surface area contributed by atoms with Crippen LogP contribution in [0.2, 0.25) is 0 Å². The van der Waals surface area contributed by atoms with Gasteiger partial charge in [0.1, 0.15) is 12.1 Å². The van der Waals surface area contributed by atoms with E-state index < -0.39 is 0 Å². The summed E-state index contributed by atoms with van der Waals surface area (Å²) in [5.74, 6) is 0.936. The van der Waals surface area contributed by atoms with E-state index in [1.807, 2.05) is 41.2 Å². The summed E-state index contributed by atoms with van der Waals surface area (Å²) >= 11 is 0. The Morgan fingerprint density at radius 2 is 1.79 bits per heavy atom. The van der Waals surface area contributed by atoms with Gasteiger partial charge in [-0.15, -0.1) is 0 Å². The maximum atomic E-state index is 9.07. The van der Waals surface area contributed by atoms with Gasteiger partial charge in [-0.1, -0.05) is 18.2 Å². The lowest BCUT2D eigenvalue weighted by Crippen LogP contribution is -2.47. The lowest BCUT2D eigenvalue weighted by Gasteiger charge is -2.35. The Hall–Kier alpha value is -2.51. The van der Waals surface area contributed by atoms with E-state index in [9.17, 15) is 0 Å². The summed E-state index contributed by atoms with van der Waals surface area (Å²) in [4.78, 5) is 13.5. The molecule has 3 aromatic rings. The second-order valence-corrected chi connectivity index (χ2v) is 5.88. The van der Waals surface area contributed by atoms with Gasteiger partial charge < -0.3 is 10.0 Å². The quantitative estimate of drug-likeness (QED) is 0.770. The SMILES string of the molecule is OCCN1CCN(c2ncnc3c2cnn3-c2ccccc2)CC1. The van der Waals surface area contributed by atoms with Crippen molar-refractivity contribution in [3.63, 3.8) is 0 Å². The molecule has 1 N–H and O–H groups in total. The largest absolute Gasteiger partial charge is 0.395 e. The molecule has 24 heavy (non-hydrogen) atoms. The van der Waals surface area contributed by atoms with Crippen LogP contribution in [0.3, 0.4) is 0 Å². The van der Waals surface area contributed by atoms with Crippen LogP contribution >= 0.6 is 0 Å². The average Bonchev–Trinajstić information content (AvgIpc) is 3.08. The summed E-state index contributed by atoms with van der Waals surface area (Å²) in [6, 6.07) is 10.0. The van der Waals surface area contributed by atoms with Crippen LogP contribution in [0.1, 0.15) is 0 Å². The predicted molar refractivity (Wildman–Crippen MR) is 92.4 cm³/mol. The van der Waals surface area contributed by atoms with Crippen molar-refractivity contribution in [1.82, 2.24) is 24.6 Å². The molecular weight excluding hydrogens is 304 g/mol. The van der Waals surface area contributed by atoms with Crippen LogP contribution in [0.5, 0.6) is 0 Å². The fourth-order valence-electron chi connectivity index (χ4n) is 3.17. The highest BCUT2D eigenvalue weighted by molar-refractivity contribution is 5.87. The van der Waals surface area contributed by atoms with Crippen molar-refractivity contribution in [2.75, 3.05) is 44.2 Å². The molecule has 124 valence electrons. The standard InChI is InChI=1S/C17H20N6O/c24-11-10-21-6-8-22(9-7-21)16-15-12-20-23(17(15)19-13-18-16)14-4-2-1-3-5-14/h1-5,12-13,24H,6-11H2. The van der Waals surface area contributed by atoms with Gasteiger partial charge in [-0.05, 0) is 12.1 Å². The Morgan fingerprint density at radius 3 is 2.54 bits per heavy atom. The molecule has 0 radical (unpaired) electrons.